The van der Waals surface area contributed by atoms with Crippen molar-refractivity contribution in [1.82, 2.24) is 0 Å². The molecule has 0 fully saturated rings. The Kier molecular flexibility index (Phi) is 24.1. The Bertz CT molecular complexity index is 1560. The zero-order valence-corrected chi connectivity index (χ0v) is 37.2. The van der Waals surface area contributed by atoms with Gasteiger partial charge in [-0.1, -0.05) is 80.1 Å². The van der Waals surface area contributed by atoms with Gasteiger partial charge in [0.2, 0.25) is 0 Å². The molecule has 3 aromatic carbocycles. The molecule has 10 heteroatoms. The molecule has 0 saturated carbocycles. The van der Waals surface area contributed by atoms with Gasteiger partial charge in [0.25, 0.3) is 0 Å². The van der Waals surface area contributed by atoms with Crippen LogP contribution < -0.4 is 0 Å². The van der Waals surface area contributed by atoms with E-state index in [2.05, 4.69) is 53.7 Å². The van der Waals surface area contributed by atoms with Crippen molar-refractivity contribution in [3.05, 3.63) is 56.6 Å². The molecule has 58 heavy (non-hydrogen) atoms. The molecule has 0 aromatic heterocycles. The molecule has 3 rings (SSSR count). The Labute approximate surface area is 348 Å². The van der Waals surface area contributed by atoms with Crippen molar-refractivity contribution in [2.45, 2.75) is 119 Å². The Balaban J connectivity index is 2.25. The average Bonchev–Trinajstić information content (AvgIpc) is 3.22. The molecule has 0 bridgehead atoms. The van der Waals surface area contributed by atoms with E-state index < -0.39 is 11.9 Å². The van der Waals surface area contributed by atoms with Gasteiger partial charge in [0.1, 0.15) is 13.2 Å². The van der Waals surface area contributed by atoms with Crippen LogP contribution in [0.25, 0.3) is 21.5 Å². The first-order chi connectivity index (χ1) is 28.4. The van der Waals surface area contributed by atoms with Crippen LogP contribution >= 0.6 is 0 Å². The lowest BCUT2D eigenvalue weighted by atomic mass is 9.79. The van der Waals surface area contributed by atoms with Crippen molar-refractivity contribution >= 4 is 33.5 Å². The van der Waals surface area contributed by atoms with Gasteiger partial charge in [-0.3, -0.25) is 0 Å². The van der Waals surface area contributed by atoms with Crippen LogP contribution in [-0.2, 0) is 76.4 Å². The summed E-state index contributed by atoms with van der Waals surface area (Å²) in [6, 6.07) is 4.71. The van der Waals surface area contributed by atoms with Crippen LogP contribution in [0.4, 0.5) is 0 Å². The maximum atomic E-state index is 14.5. The second-order valence-electron chi connectivity index (χ2n) is 14.8. The van der Waals surface area contributed by atoms with Crippen molar-refractivity contribution in [2.75, 3.05) is 93.5 Å². The lowest BCUT2D eigenvalue weighted by Crippen LogP contribution is -2.22. The Morgan fingerprint density at radius 1 is 0.362 bits per heavy atom. The summed E-state index contributed by atoms with van der Waals surface area (Å²) in [5, 5.41) is 4.60. The molecule has 0 spiro atoms. The lowest BCUT2D eigenvalue weighted by Gasteiger charge is -2.25. The monoisotopic (exact) mass is 811 g/mol. The van der Waals surface area contributed by atoms with Gasteiger partial charge < -0.3 is 37.9 Å². The molecular formula is C48H74O10. The van der Waals surface area contributed by atoms with Crippen molar-refractivity contribution in [2.24, 2.45) is 0 Å². The lowest BCUT2D eigenvalue weighted by molar-refractivity contribution is 0.00416. The third-order valence-corrected chi connectivity index (χ3v) is 10.3. The van der Waals surface area contributed by atoms with Crippen LogP contribution in [0.3, 0.4) is 0 Å². The Hall–Kier alpha value is -3.12. The van der Waals surface area contributed by atoms with Crippen LogP contribution in [0.1, 0.15) is 134 Å². The van der Waals surface area contributed by atoms with E-state index in [1.54, 1.807) is 14.2 Å². The van der Waals surface area contributed by atoms with Gasteiger partial charge in [-0.05, 0) is 106 Å². The molecule has 0 radical (unpaired) electrons. The smallest absolute Gasteiger partial charge is 0.339 e. The standard InChI is InChI=1S/C48H74O10/c1-9-15-35-36(16-10-2)38(18-12-4)42-34-44-40(20-14-6)46(48(50)58-32-30-56-28-26-54-24-22-52-8)45(47(49)57-31-29-55-27-25-53-23-21-51-7)39(19-13-5)43(44)33-41(42)37(35)17-11-3/h33-34H,9-32H2,1-8H3. The average molecular weight is 811 g/mol. The van der Waals surface area contributed by atoms with Crippen molar-refractivity contribution in [3.8, 4) is 0 Å². The topological polar surface area (TPSA) is 108 Å². The quantitative estimate of drug-likeness (QED) is 0.0344. The minimum absolute atomic E-state index is 0.0394. The summed E-state index contributed by atoms with van der Waals surface area (Å²) in [5.74, 6) is -1.07. The first-order valence-corrected chi connectivity index (χ1v) is 22.1. The molecule has 0 heterocycles. The first-order valence-electron chi connectivity index (χ1n) is 22.1. The van der Waals surface area contributed by atoms with Crippen molar-refractivity contribution in [1.29, 1.82) is 0 Å². The maximum absolute atomic E-state index is 14.5. The Morgan fingerprint density at radius 3 is 0.931 bits per heavy atom. The largest absolute Gasteiger partial charge is 0.460 e. The fourth-order valence-electron chi connectivity index (χ4n) is 7.96. The van der Waals surface area contributed by atoms with E-state index in [-0.39, 0.29) is 26.4 Å². The fraction of sp³-hybridized carbons (Fsp3) is 0.667. The number of carbonyl (C=O) groups excluding carboxylic acids is 2. The van der Waals surface area contributed by atoms with E-state index in [1.165, 1.54) is 33.0 Å². The van der Waals surface area contributed by atoms with Crippen molar-refractivity contribution < 1.29 is 47.5 Å². The van der Waals surface area contributed by atoms with Gasteiger partial charge in [-0.15, -0.1) is 0 Å². The summed E-state index contributed by atoms with van der Waals surface area (Å²) in [7, 11) is 3.26. The number of benzene rings is 3. The number of esters is 2. The highest BCUT2D eigenvalue weighted by atomic mass is 16.6. The predicted octanol–water partition coefficient (Wildman–Crippen LogP) is 9.38. The molecular weight excluding hydrogens is 737 g/mol. The summed E-state index contributed by atoms with van der Waals surface area (Å²) >= 11 is 0. The number of carbonyl (C=O) groups is 2. The Morgan fingerprint density at radius 2 is 0.621 bits per heavy atom. The highest BCUT2D eigenvalue weighted by Gasteiger charge is 2.31. The fourth-order valence-corrected chi connectivity index (χ4v) is 7.96. The third kappa shape index (κ3) is 14.0. The van der Waals surface area contributed by atoms with Gasteiger partial charge in [0, 0.05) is 14.2 Å². The number of ether oxygens (including phenoxy) is 8. The molecule has 0 N–H and O–H groups in total. The molecule has 0 amide bonds. The summed E-state index contributed by atoms with van der Waals surface area (Å²) in [5.41, 5.74) is 8.18. The zero-order chi connectivity index (χ0) is 42.1. The summed E-state index contributed by atoms with van der Waals surface area (Å²) < 4.78 is 44.3. The SMILES string of the molecule is CCCc1c(CCC)c(CCC)c2cc3c(CCC)c(C(=O)OCCOCCOCCOC)c(C(=O)OCCOCCOCCOC)c(CCC)c3cc2c1CCC. The number of fused-ring (bicyclic) bond motifs is 2. The molecule has 10 nitrogen and oxygen atoms in total. The molecule has 0 aliphatic carbocycles. The van der Waals surface area contributed by atoms with Crippen molar-refractivity contribution in [3.63, 3.8) is 0 Å². The zero-order valence-electron chi connectivity index (χ0n) is 37.2. The number of rotatable bonds is 32. The molecule has 0 atom stereocenters. The van der Waals surface area contributed by atoms with E-state index in [4.69, 9.17) is 37.9 Å². The molecule has 0 aliphatic rings. The highest BCUT2D eigenvalue weighted by molar-refractivity contribution is 6.14. The molecule has 0 saturated heterocycles. The van der Waals surface area contributed by atoms with E-state index in [1.807, 2.05) is 0 Å². The summed E-state index contributed by atoms with van der Waals surface area (Å²) in [6.07, 6.45) is 11.1. The highest BCUT2D eigenvalue weighted by Crippen LogP contribution is 2.41. The molecule has 3 aromatic rings. The predicted molar refractivity (Wildman–Crippen MR) is 233 cm³/mol. The number of hydrogen-bond donors (Lipinski definition) is 0. The van der Waals surface area contributed by atoms with E-state index in [9.17, 15) is 9.59 Å². The normalized spacial score (nSPS) is 11.6. The van der Waals surface area contributed by atoms with Crippen LogP contribution in [0.2, 0.25) is 0 Å². The minimum Gasteiger partial charge on any atom is -0.460 e. The van der Waals surface area contributed by atoms with Gasteiger partial charge in [0.05, 0.1) is 77.2 Å². The van der Waals surface area contributed by atoms with E-state index in [0.717, 1.165) is 86.1 Å². The number of methoxy groups -OCH3 is 2. The molecule has 0 aliphatic heterocycles. The van der Waals surface area contributed by atoms with E-state index in [0.29, 0.717) is 76.8 Å². The van der Waals surface area contributed by atoms with Gasteiger partial charge in [0.15, 0.2) is 0 Å². The van der Waals surface area contributed by atoms with Crippen LogP contribution in [0.5, 0.6) is 0 Å². The maximum Gasteiger partial charge on any atom is 0.339 e. The molecule has 0 unspecified atom stereocenters. The van der Waals surface area contributed by atoms with Gasteiger partial charge in [-0.25, -0.2) is 9.59 Å². The second-order valence-corrected chi connectivity index (χ2v) is 14.8. The van der Waals surface area contributed by atoms with Crippen LogP contribution in [-0.4, -0.2) is 105 Å². The summed E-state index contributed by atoms with van der Waals surface area (Å²) in [6.45, 7) is 17.3. The van der Waals surface area contributed by atoms with E-state index >= 15 is 0 Å². The number of aryl methyl sites for hydroxylation is 4. The number of hydrogen-bond acceptors (Lipinski definition) is 10. The van der Waals surface area contributed by atoms with Gasteiger partial charge in [-0.2, -0.15) is 0 Å². The van der Waals surface area contributed by atoms with Crippen LogP contribution in [0, 0.1) is 0 Å². The second kappa shape index (κ2) is 28.4. The molecule has 326 valence electrons. The third-order valence-electron chi connectivity index (χ3n) is 10.3. The first kappa shape index (κ1) is 49.2. The summed E-state index contributed by atoms with van der Waals surface area (Å²) in [4.78, 5) is 28.9. The minimum atomic E-state index is -0.537. The van der Waals surface area contributed by atoms with Crippen LogP contribution in [0.15, 0.2) is 12.1 Å². The van der Waals surface area contributed by atoms with Gasteiger partial charge >= 0.3 is 11.9 Å².